The summed E-state index contributed by atoms with van der Waals surface area (Å²) in [4.78, 5) is 13.1. The van der Waals surface area contributed by atoms with E-state index in [0.29, 0.717) is 22.5 Å². The van der Waals surface area contributed by atoms with Crippen molar-refractivity contribution >= 4 is 33.0 Å². The van der Waals surface area contributed by atoms with Crippen molar-refractivity contribution < 1.29 is 17.9 Å². The van der Waals surface area contributed by atoms with Gasteiger partial charge in [-0.3, -0.25) is 10.2 Å². The number of anilines is 2. The molecule has 0 unspecified atom stereocenters. The van der Waals surface area contributed by atoms with Crippen LogP contribution in [0.2, 0.25) is 0 Å². The summed E-state index contributed by atoms with van der Waals surface area (Å²) in [6.45, 7) is 0.121. The van der Waals surface area contributed by atoms with Gasteiger partial charge < -0.3 is 21.1 Å². The average Bonchev–Trinajstić information content (AvgIpc) is 2.79. The van der Waals surface area contributed by atoms with Gasteiger partial charge in [-0.15, -0.1) is 0 Å². The lowest BCUT2D eigenvalue weighted by atomic mass is 10.1. The number of carbonyl (C=O) groups excluding carboxylic acids is 1. The molecule has 0 bridgehead atoms. The van der Waals surface area contributed by atoms with Crippen LogP contribution in [0.3, 0.4) is 0 Å². The van der Waals surface area contributed by atoms with E-state index in [1.807, 2.05) is 0 Å². The summed E-state index contributed by atoms with van der Waals surface area (Å²) in [7, 11) is -1.88. The molecule has 9 heteroatoms. The molecular formula is C24H26N4O4S. The third-order valence-electron chi connectivity index (χ3n) is 4.91. The zero-order valence-corrected chi connectivity index (χ0v) is 19.1. The van der Waals surface area contributed by atoms with Gasteiger partial charge in [0.2, 0.25) is 5.91 Å². The maximum absolute atomic E-state index is 12.9. The van der Waals surface area contributed by atoms with Gasteiger partial charge in [0.05, 0.1) is 11.5 Å². The van der Waals surface area contributed by atoms with Gasteiger partial charge in [-0.25, -0.2) is 8.42 Å². The minimum atomic E-state index is -3.38. The Bertz CT molecular complexity index is 1260. The summed E-state index contributed by atoms with van der Waals surface area (Å²) in [5.74, 6) is -0.377. The van der Waals surface area contributed by atoms with Crippen molar-refractivity contribution in [1.82, 2.24) is 0 Å². The number of hydrogen-bond donors (Lipinski definition) is 4. The van der Waals surface area contributed by atoms with Crippen molar-refractivity contribution in [3.05, 3.63) is 78.4 Å². The molecule has 0 heterocycles. The van der Waals surface area contributed by atoms with Gasteiger partial charge in [-0.05, 0) is 35.9 Å². The van der Waals surface area contributed by atoms with E-state index in [4.69, 9.17) is 15.9 Å². The Labute approximate surface area is 193 Å². The first-order valence-electron chi connectivity index (χ1n) is 10.1. The number of nitrogens with one attached hydrogen (secondary N) is 3. The van der Waals surface area contributed by atoms with Gasteiger partial charge >= 0.3 is 0 Å². The molecule has 0 fully saturated rings. The third-order valence-corrected chi connectivity index (χ3v) is 6.07. The van der Waals surface area contributed by atoms with E-state index >= 15 is 0 Å². The fraction of sp³-hybridized carbons (Fsp3) is 0.167. The second kappa shape index (κ2) is 10.3. The fourth-order valence-electron chi connectivity index (χ4n) is 3.32. The molecular weight excluding hydrogens is 440 g/mol. The largest absolute Gasteiger partial charge is 0.384 e. The number of carbonyl (C=O) groups is 1. The van der Waals surface area contributed by atoms with Gasteiger partial charge in [-0.1, -0.05) is 42.5 Å². The molecule has 8 nitrogen and oxygen atoms in total. The SMILES string of the molecule is COC[C@H](Nc1cccc(C(=N)N)c1)C(=O)Nc1ccc(-c2ccccc2S(C)(=O)=O)cc1. The molecule has 1 amide bonds. The molecule has 5 N–H and O–H groups in total. The highest BCUT2D eigenvalue weighted by Gasteiger charge is 2.19. The Hall–Kier alpha value is -3.69. The molecule has 0 aliphatic carbocycles. The smallest absolute Gasteiger partial charge is 0.249 e. The summed E-state index contributed by atoms with van der Waals surface area (Å²) in [6.07, 6.45) is 1.18. The number of benzene rings is 3. The average molecular weight is 467 g/mol. The topological polar surface area (TPSA) is 134 Å². The van der Waals surface area contributed by atoms with Crippen LogP contribution >= 0.6 is 0 Å². The van der Waals surface area contributed by atoms with E-state index in [1.165, 1.54) is 13.4 Å². The monoisotopic (exact) mass is 466 g/mol. The zero-order valence-electron chi connectivity index (χ0n) is 18.3. The lowest BCUT2D eigenvalue weighted by Crippen LogP contribution is -2.38. The van der Waals surface area contributed by atoms with E-state index < -0.39 is 15.9 Å². The Morgan fingerprint density at radius 2 is 1.73 bits per heavy atom. The van der Waals surface area contributed by atoms with Gasteiger partial charge in [-0.2, -0.15) is 0 Å². The van der Waals surface area contributed by atoms with Crippen LogP contribution in [-0.4, -0.2) is 46.2 Å². The first-order valence-corrected chi connectivity index (χ1v) is 12.0. The maximum atomic E-state index is 12.9. The van der Waals surface area contributed by atoms with Crippen molar-refractivity contribution in [3.8, 4) is 11.1 Å². The van der Waals surface area contributed by atoms with Crippen molar-refractivity contribution in [3.63, 3.8) is 0 Å². The van der Waals surface area contributed by atoms with Crippen molar-refractivity contribution in [2.24, 2.45) is 5.73 Å². The number of ether oxygens (including phenoxy) is 1. The molecule has 3 rings (SSSR count). The van der Waals surface area contributed by atoms with Gasteiger partial charge in [0.25, 0.3) is 0 Å². The molecule has 0 saturated carbocycles. The number of amidine groups is 1. The minimum absolute atomic E-state index is 0.0658. The Morgan fingerprint density at radius 3 is 2.36 bits per heavy atom. The summed E-state index contributed by atoms with van der Waals surface area (Å²) in [5.41, 5.74) is 8.59. The van der Waals surface area contributed by atoms with Crippen molar-refractivity contribution in [2.45, 2.75) is 10.9 Å². The first-order chi connectivity index (χ1) is 15.7. The number of rotatable bonds is 9. The normalized spacial score (nSPS) is 12.1. The number of nitrogen functional groups attached to an aromatic ring is 1. The zero-order chi connectivity index (χ0) is 24.0. The van der Waals surface area contributed by atoms with E-state index in [-0.39, 0.29) is 23.2 Å². The number of nitrogens with two attached hydrogens (primary N) is 1. The molecule has 33 heavy (non-hydrogen) atoms. The van der Waals surface area contributed by atoms with Crippen LogP contribution in [-0.2, 0) is 19.4 Å². The second-order valence-electron chi connectivity index (χ2n) is 7.48. The highest BCUT2D eigenvalue weighted by atomic mass is 32.2. The highest BCUT2D eigenvalue weighted by molar-refractivity contribution is 7.90. The third kappa shape index (κ3) is 6.18. The molecule has 3 aromatic rings. The standard InChI is InChI=1S/C24H26N4O4S/c1-32-15-21(27-19-7-5-6-17(14-19)23(25)26)24(29)28-18-12-10-16(11-13-18)20-8-3-4-9-22(20)33(2,30)31/h3-14,21,27H,15H2,1-2H3,(H3,25,26)(H,28,29)/t21-/m0/s1. The summed E-state index contributed by atoms with van der Waals surface area (Å²) in [5, 5.41) is 13.5. The van der Waals surface area contributed by atoms with Crippen LogP contribution in [0.5, 0.6) is 0 Å². The summed E-state index contributed by atoms with van der Waals surface area (Å²) in [6, 6.07) is 20.0. The van der Waals surface area contributed by atoms with Crippen molar-refractivity contribution in [1.29, 1.82) is 5.41 Å². The van der Waals surface area contributed by atoms with Gasteiger partial charge in [0.15, 0.2) is 9.84 Å². The van der Waals surface area contributed by atoms with E-state index in [1.54, 1.807) is 72.8 Å². The Balaban J connectivity index is 1.76. The van der Waals surface area contributed by atoms with Crippen LogP contribution < -0.4 is 16.4 Å². The molecule has 0 aliphatic heterocycles. The Morgan fingerprint density at radius 1 is 1.03 bits per heavy atom. The van der Waals surface area contributed by atoms with Crippen molar-refractivity contribution in [2.75, 3.05) is 30.6 Å². The van der Waals surface area contributed by atoms with Crippen LogP contribution in [0.1, 0.15) is 5.56 Å². The van der Waals surface area contributed by atoms with Crippen LogP contribution in [0.15, 0.2) is 77.7 Å². The lowest BCUT2D eigenvalue weighted by molar-refractivity contribution is -0.117. The fourth-order valence-corrected chi connectivity index (χ4v) is 4.23. The number of methoxy groups -OCH3 is 1. The minimum Gasteiger partial charge on any atom is -0.384 e. The maximum Gasteiger partial charge on any atom is 0.249 e. The van der Waals surface area contributed by atoms with Crippen LogP contribution in [0.25, 0.3) is 11.1 Å². The quantitative estimate of drug-likeness (QED) is 0.283. The molecule has 0 saturated heterocycles. The molecule has 0 aliphatic rings. The predicted molar refractivity (Wildman–Crippen MR) is 130 cm³/mol. The Kier molecular flexibility index (Phi) is 7.47. The predicted octanol–water partition coefficient (Wildman–Crippen LogP) is 3.11. The van der Waals surface area contributed by atoms with Crippen LogP contribution in [0, 0.1) is 5.41 Å². The molecule has 3 aromatic carbocycles. The molecule has 1 atom stereocenters. The number of hydrogen-bond acceptors (Lipinski definition) is 6. The van der Waals surface area contributed by atoms with Gasteiger partial charge in [0, 0.05) is 35.9 Å². The van der Waals surface area contributed by atoms with E-state index in [0.717, 1.165) is 5.56 Å². The summed E-state index contributed by atoms with van der Waals surface area (Å²) < 4.78 is 29.4. The number of sulfone groups is 1. The lowest BCUT2D eigenvalue weighted by Gasteiger charge is -2.19. The summed E-state index contributed by atoms with van der Waals surface area (Å²) >= 11 is 0. The van der Waals surface area contributed by atoms with Crippen LogP contribution in [0.4, 0.5) is 11.4 Å². The molecule has 0 aromatic heterocycles. The van der Waals surface area contributed by atoms with E-state index in [9.17, 15) is 13.2 Å². The number of amides is 1. The molecule has 172 valence electrons. The van der Waals surface area contributed by atoms with Gasteiger partial charge in [0.1, 0.15) is 11.9 Å². The molecule has 0 radical (unpaired) electrons. The highest BCUT2D eigenvalue weighted by Crippen LogP contribution is 2.28. The second-order valence-corrected chi connectivity index (χ2v) is 9.47. The van der Waals surface area contributed by atoms with E-state index in [2.05, 4.69) is 10.6 Å². The first kappa shape index (κ1) is 24.0. The molecule has 0 spiro atoms.